The number of nitrogens with one attached hydrogen (secondary N) is 1. The third kappa shape index (κ3) is 13.4. The standard InChI is InChI=1S/C12H24NO2/c1-2-3-4-7-10-13-11-8-5-6-9-12(14)15/h13H,2-11H2,1H3. The zero-order chi connectivity index (χ0) is 11.4. The molecule has 0 spiro atoms. The van der Waals surface area contributed by atoms with Crippen LogP contribution in [-0.2, 0) is 9.90 Å². The van der Waals surface area contributed by atoms with Gasteiger partial charge in [0, 0.05) is 0 Å². The summed E-state index contributed by atoms with van der Waals surface area (Å²) < 4.78 is 0. The first-order valence-corrected chi connectivity index (χ1v) is 6.18. The van der Waals surface area contributed by atoms with Crippen LogP contribution in [0.4, 0.5) is 0 Å². The highest BCUT2D eigenvalue weighted by molar-refractivity contribution is 5.66. The number of hydrogen-bond acceptors (Lipinski definition) is 2. The fourth-order valence-corrected chi connectivity index (χ4v) is 1.50. The second-order valence-electron chi connectivity index (χ2n) is 3.99. The lowest BCUT2D eigenvalue weighted by Gasteiger charge is -2.03. The molecule has 0 aliphatic heterocycles. The Morgan fingerprint density at radius 2 is 1.53 bits per heavy atom. The number of hydrogen-bond donors (Lipinski definition) is 1. The number of carbonyl (C=O) groups is 1. The van der Waals surface area contributed by atoms with Crippen LogP contribution in [0, 0.1) is 0 Å². The number of rotatable bonds is 11. The van der Waals surface area contributed by atoms with Crippen molar-refractivity contribution in [1.82, 2.24) is 5.32 Å². The van der Waals surface area contributed by atoms with Gasteiger partial charge in [-0.2, -0.15) is 0 Å². The van der Waals surface area contributed by atoms with E-state index in [4.69, 9.17) is 0 Å². The first-order valence-electron chi connectivity index (χ1n) is 6.18. The summed E-state index contributed by atoms with van der Waals surface area (Å²) in [5.74, 6) is -0.928. The van der Waals surface area contributed by atoms with Crippen molar-refractivity contribution in [3.05, 3.63) is 0 Å². The van der Waals surface area contributed by atoms with Crippen LogP contribution < -0.4 is 5.32 Å². The molecule has 1 N–H and O–H groups in total. The molecule has 0 amide bonds. The van der Waals surface area contributed by atoms with Gasteiger partial charge in [0.1, 0.15) is 0 Å². The van der Waals surface area contributed by atoms with Gasteiger partial charge >= 0.3 is 5.97 Å². The summed E-state index contributed by atoms with van der Waals surface area (Å²) in [7, 11) is 0. The van der Waals surface area contributed by atoms with E-state index >= 15 is 0 Å². The summed E-state index contributed by atoms with van der Waals surface area (Å²) in [4.78, 5) is 10.1. The van der Waals surface area contributed by atoms with E-state index in [1.54, 1.807) is 0 Å². The normalized spacial score (nSPS) is 10.5. The van der Waals surface area contributed by atoms with Gasteiger partial charge in [-0.1, -0.05) is 32.6 Å². The molecular formula is C12H24NO2. The maximum atomic E-state index is 10.1. The van der Waals surface area contributed by atoms with Gasteiger partial charge in [-0.3, -0.25) is 0 Å². The largest absolute Gasteiger partial charge is 0.355 e. The highest BCUT2D eigenvalue weighted by atomic mass is 16.4. The van der Waals surface area contributed by atoms with Crippen molar-refractivity contribution in [3.63, 3.8) is 0 Å². The first kappa shape index (κ1) is 14.4. The molecule has 0 atom stereocenters. The zero-order valence-corrected chi connectivity index (χ0v) is 9.89. The maximum Gasteiger partial charge on any atom is 0.355 e. The molecule has 0 aromatic rings. The van der Waals surface area contributed by atoms with Crippen molar-refractivity contribution < 1.29 is 9.90 Å². The van der Waals surface area contributed by atoms with Crippen molar-refractivity contribution in [3.8, 4) is 0 Å². The third-order valence-electron chi connectivity index (χ3n) is 2.44. The average Bonchev–Trinajstić information content (AvgIpc) is 2.20. The number of carbonyl (C=O) groups excluding carboxylic acids is 1. The Labute approximate surface area is 93.3 Å². The minimum absolute atomic E-state index is 0.205. The first-order chi connectivity index (χ1) is 7.27. The van der Waals surface area contributed by atoms with Gasteiger partial charge in [-0.25, -0.2) is 9.90 Å². The van der Waals surface area contributed by atoms with Crippen LogP contribution >= 0.6 is 0 Å². The topological polar surface area (TPSA) is 49.0 Å². The lowest BCUT2D eigenvalue weighted by molar-refractivity contribution is -0.143. The predicted octanol–water partition coefficient (Wildman–Crippen LogP) is 2.67. The van der Waals surface area contributed by atoms with Gasteiger partial charge in [0.05, 0.1) is 6.42 Å². The molecule has 1 radical (unpaired) electrons. The molecule has 0 fully saturated rings. The summed E-state index contributed by atoms with van der Waals surface area (Å²) >= 11 is 0. The van der Waals surface area contributed by atoms with E-state index < -0.39 is 5.97 Å². The Balaban J connectivity index is 2.89. The molecule has 0 aromatic heterocycles. The molecule has 89 valence electrons. The van der Waals surface area contributed by atoms with Crippen molar-refractivity contribution >= 4 is 5.97 Å². The molecule has 0 rings (SSSR count). The van der Waals surface area contributed by atoms with E-state index in [0.29, 0.717) is 0 Å². The molecule has 0 aliphatic rings. The Bertz CT molecular complexity index is 149. The molecule has 0 aromatic carbocycles. The summed E-state index contributed by atoms with van der Waals surface area (Å²) in [6, 6.07) is 0. The lowest BCUT2D eigenvalue weighted by atomic mass is 10.2. The summed E-state index contributed by atoms with van der Waals surface area (Å²) in [5, 5.41) is 13.5. The highest BCUT2D eigenvalue weighted by Gasteiger charge is 1.98. The average molecular weight is 214 g/mol. The second-order valence-corrected chi connectivity index (χ2v) is 3.99. The summed E-state index contributed by atoms with van der Waals surface area (Å²) in [6.45, 7) is 4.32. The summed E-state index contributed by atoms with van der Waals surface area (Å²) in [5.41, 5.74) is 0. The van der Waals surface area contributed by atoms with Gasteiger partial charge in [-0.15, -0.1) is 0 Å². The lowest BCUT2D eigenvalue weighted by Crippen LogP contribution is -2.16. The molecule has 3 nitrogen and oxygen atoms in total. The molecule has 3 heteroatoms. The smallest absolute Gasteiger partial charge is 0.317 e. The van der Waals surface area contributed by atoms with Crippen molar-refractivity contribution in [1.29, 1.82) is 0 Å². The van der Waals surface area contributed by atoms with Crippen LogP contribution in [0.25, 0.3) is 0 Å². The molecule has 0 saturated carbocycles. The van der Waals surface area contributed by atoms with Crippen molar-refractivity contribution in [2.24, 2.45) is 0 Å². The van der Waals surface area contributed by atoms with Gasteiger partial charge in [0.15, 0.2) is 0 Å². The van der Waals surface area contributed by atoms with Crippen LogP contribution in [0.2, 0.25) is 0 Å². The van der Waals surface area contributed by atoms with Crippen LogP contribution in [0.1, 0.15) is 58.3 Å². The fourth-order valence-electron chi connectivity index (χ4n) is 1.50. The Hall–Kier alpha value is -0.570. The molecular weight excluding hydrogens is 190 g/mol. The van der Waals surface area contributed by atoms with E-state index in [2.05, 4.69) is 12.2 Å². The Kier molecular flexibility index (Phi) is 11.1. The summed E-state index contributed by atoms with van der Waals surface area (Å²) in [6.07, 6.45) is 8.19. The van der Waals surface area contributed by atoms with Crippen LogP contribution in [0.3, 0.4) is 0 Å². The number of unbranched alkanes of at least 4 members (excludes halogenated alkanes) is 5. The monoisotopic (exact) mass is 214 g/mol. The Morgan fingerprint density at radius 3 is 2.07 bits per heavy atom. The Morgan fingerprint density at radius 1 is 0.933 bits per heavy atom. The van der Waals surface area contributed by atoms with E-state index in [1.807, 2.05) is 0 Å². The fraction of sp³-hybridized carbons (Fsp3) is 0.917. The molecule has 0 bridgehead atoms. The van der Waals surface area contributed by atoms with E-state index in [9.17, 15) is 9.90 Å². The van der Waals surface area contributed by atoms with Crippen LogP contribution in [0.15, 0.2) is 0 Å². The van der Waals surface area contributed by atoms with Crippen molar-refractivity contribution in [2.45, 2.75) is 58.3 Å². The van der Waals surface area contributed by atoms with Gasteiger partial charge in [-0.05, 0) is 32.4 Å². The SMILES string of the molecule is CCCCCCNCCCCCC([O])=O. The van der Waals surface area contributed by atoms with Gasteiger partial charge < -0.3 is 5.32 Å². The van der Waals surface area contributed by atoms with Gasteiger partial charge in [0.2, 0.25) is 0 Å². The minimum atomic E-state index is -0.928. The third-order valence-corrected chi connectivity index (χ3v) is 2.44. The molecule has 0 saturated heterocycles. The quantitative estimate of drug-likeness (QED) is 0.537. The maximum absolute atomic E-state index is 10.1. The predicted molar refractivity (Wildman–Crippen MR) is 61.2 cm³/mol. The zero-order valence-electron chi connectivity index (χ0n) is 9.89. The molecule has 0 unspecified atom stereocenters. The van der Waals surface area contributed by atoms with Crippen LogP contribution in [0.5, 0.6) is 0 Å². The van der Waals surface area contributed by atoms with E-state index in [-0.39, 0.29) is 6.42 Å². The highest BCUT2D eigenvalue weighted by Crippen LogP contribution is 1.99. The molecule has 0 heterocycles. The van der Waals surface area contributed by atoms with Crippen LogP contribution in [-0.4, -0.2) is 19.1 Å². The minimum Gasteiger partial charge on any atom is -0.317 e. The van der Waals surface area contributed by atoms with Crippen molar-refractivity contribution in [2.75, 3.05) is 13.1 Å². The molecule has 15 heavy (non-hydrogen) atoms. The van der Waals surface area contributed by atoms with E-state index in [1.165, 1.54) is 25.7 Å². The second kappa shape index (κ2) is 11.5. The van der Waals surface area contributed by atoms with E-state index in [0.717, 1.165) is 32.4 Å². The molecule has 0 aliphatic carbocycles. The van der Waals surface area contributed by atoms with Gasteiger partial charge in [0.25, 0.3) is 0 Å².